The van der Waals surface area contributed by atoms with E-state index < -0.39 is 0 Å². The van der Waals surface area contributed by atoms with Crippen molar-refractivity contribution in [3.05, 3.63) is 35.4 Å². The average Bonchev–Trinajstić information content (AvgIpc) is 2.35. The summed E-state index contributed by atoms with van der Waals surface area (Å²) in [5.41, 5.74) is 1.94. The van der Waals surface area contributed by atoms with Gasteiger partial charge < -0.3 is 4.90 Å². The maximum Gasteiger partial charge on any atom is 0.164 e. The number of ketones is 1. The van der Waals surface area contributed by atoms with E-state index in [1.165, 1.54) is 0 Å². The van der Waals surface area contributed by atoms with Gasteiger partial charge in [-0.25, -0.2) is 0 Å². The molecular weight excluding hydrogens is 222 g/mol. The van der Waals surface area contributed by atoms with Crippen LogP contribution in [0.2, 0.25) is 0 Å². The molecule has 0 N–H and O–H groups in total. The Kier molecular flexibility index (Phi) is 5.54. The van der Waals surface area contributed by atoms with Gasteiger partial charge >= 0.3 is 0 Å². The molecule has 1 atom stereocenters. The van der Waals surface area contributed by atoms with Crippen molar-refractivity contribution in [1.82, 2.24) is 4.90 Å². The standard InChI is InChI=1S/C16H25NO/c1-12(2)14(4)17(5)11-10-16(18)15-9-7-6-8-13(15)3/h6-9,12,14H,10-11H2,1-5H3. The monoisotopic (exact) mass is 247 g/mol. The van der Waals surface area contributed by atoms with Crippen LogP contribution in [0, 0.1) is 12.8 Å². The summed E-state index contributed by atoms with van der Waals surface area (Å²) in [5.74, 6) is 0.861. The van der Waals surface area contributed by atoms with Crippen LogP contribution in [0.4, 0.5) is 0 Å². The first-order chi connectivity index (χ1) is 8.43. The predicted molar refractivity (Wildman–Crippen MR) is 77.1 cm³/mol. The summed E-state index contributed by atoms with van der Waals surface area (Å²) in [6.07, 6.45) is 0.596. The van der Waals surface area contributed by atoms with E-state index >= 15 is 0 Å². The number of rotatable bonds is 6. The minimum Gasteiger partial charge on any atom is -0.303 e. The quantitative estimate of drug-likeness (QED) is 0.717. The number of Topliss-reactive ketones (excluding diaryl/α,β-unsaturated/α-hetero) is 1. The van der Waals surface area contributed by atoms with Crippen LogP contribution in [0.5, 0.6) is 0 Å². The number of carbonyl (C=O) groups excluding carboxylic acids is 1. The van der Waals surface area contributed by atoms with Crippen molar-refractivity contribution in [1.29, 1.82) is 0 Å². The van der Waals surface area contributed by atoms with Gasteiger partial charge in [0.2, 0.25) is 0 Å². The van der Waals surface area contributed by atoms with E-state index in [1.54, 1.807) is 0 Å². The second-order valence-corrected chi connectivity index (χ2v) is 5.45. The molecule has 0 bridgehead atoms. The zero-order valence-electron chi connectivity index (χ0n) is 12.2. The van der Waals surface area contributed by atoms with Crippen molar-refractivity contribution >= 4 is 5.78 Å². The highest BCUT2D eigenvalue weighted by Gasteiger charge is 2.15. The zero-order valence-corrected chi connectivity index (χ0v) is 12.2. The Morgan fingerprint density at radius 1 is 1.22 bits per heavy atom. The Hall–Kier alpha value is -1.15. The molecule has 0 aliphatic carbocycles. The Morgan fingerprint density at radius 3 is 2.39 bits per heavy atom. The fraction of sp³-hybridized carbons (Fsp3) is 0.562. The molecule has 0 amide bonds. The minimum atomic E-state index is 0.246. The van der Waals surface area contributed by atoms with E-state index in [4.69, 9.17) is 0 Å². The summed E-state index contributed by atoms with van der Waals surface area (Å²) < 4.78 is 0. The van der Waals surface area contributed by atoms with E-state index in [0.29, 0.717) is 18.4 Å². The smallest absolute Gasteiger partial charge is 0.164 e. The largest absolute Gasteiger partial charge is 0.303 e. The Morgan fingerprint density at radius 2 is 1.83 bits per heavy atom. The summed E-state index contributed by atoms with van der Waals surface area (Å²) in [5, 5.41) is 0. The van der Waals surface area contributed by atoms with Crippen molar-refractivity contribution in [3.8, 4) is 0 Å². The highest BCUT2D eigenvalue weighted by atomic mass is 16.1. The lowest BCUT2D eigenvalue weighted by Gasteiger charge is -2.27. The molecule has 0 aromatic heterocycles. The van der Waals surface area contributed by atoms with E-state index in [9.17, 15) is 4.79 Å². The summed E-state index contributed by atoms with van der Waals surface area (Å²) >= 11 is 0. The molecule has 0 saturated carbocycles. The summed E-state index contributed by atoms with van der Waals surface area (Å²) in [4.78, 5) is 14.4. The molecule has 0 spiro atoms. The van der Waals surface area contributed by atoms with Crippen LogP contribution in [0.15, 0.2) is 24.3 Å². The topological polar surface area (TPSA) is 20.3 Å². The van der Waals surface area contributed by atoms with Gasteiger partial charge in [0.05, 0.1) is 0 Å². The van der Waals surface area contributed by atoms with Crippen molar-refractivity contribution in [3.63, 3.8) is 0 Å². The number of hydrogen-bond acceptors (Lipinski definition) is 2. The molecule has 100 valence electrons. The molecule has 0 fully saturated rings. The molecule has 1 unspecified atom stereocenters. The summed E-state index contributed by atoms with van der Waals surface area (Å²) in [7, 11) is 2.09. The van der Waals surface area contributed by atoms with Crippen LogP contribution >= 0.6 is 0 Å². The van der Waals surface area contributed by atoms with E-state index in [0.717, 1.165) is 17.7 Å². The van der Waals surface area contributed by atoms with Gasteiger partial charge in [-0.1, -0.05) is 38.1 Å². The molecule has 0 aliphatic heterocycles. The Labute approximate surface area is 111 Å². The van der Waals surface area contributed by atoms with Gasteiger partial charge in [0.15, 0.2) is 5.78 Å². The highest BCUT2D eigenvalue weighted by Crippen LogP contribution is 2.12. The van der Waals surface area contributed by atoms with Crippen LogP contribution in [-0.2, 0) is 0 Å². The molecule has 0 saturated heterocycles. The van der Waals surface area contributed by atoms with Crippen molar-refractivity contribution in [2.24, 2.45) is 5.92 Å². The van der Waals surface area contributed by atoms with Crippen molar-refractivity contribution in [2.45, 2.75) is 40.2 Å². The molecule has 0 heterocycles. The van der Waals surface area contributed by atoms with Gasteiger partial charge in [-0.05, 0) is 32.4 Å². The first-order valence-corrected chi connectivity index (χ1v) is 6.72. The lowest BCUT2D eigenvalue weighted by Crippen LogP contribution is -2.34. The van der Waals surface area contributed by atoms with Crippen molar-refractivity contribution in [2.75, 3.05) is 13.6 Å². The maximum absolute atomic E-state index is 12.1. The van der Waals surface area contributed by atoms with Gasteiger partial charge in [-0.15, -0.1) is 0 Å². The van der Waals surface area contributed by atoms with Gasteiger partial charge in [-0.3, -0.25) is 4.79 Å². The van der Waals surface area contributed by atoms with E-state index in [-0.39, 0.29) is 5.78 Å². The molecule has 2 heteroatoms. The van der Waals surface area contributed by atoms with Gasteiger partial charge in [0.25, 0.3) is 0 Å². The molecule has 1 aromatic carbocycles. The van der Waals surface area contributed by atoms with E-state index in [1.807, 2.05) is 31.2 Å². The third-order valence-corrected chi connectivity index (χ3v) is 3.80. The number of aryl methyl sites for hydroxylation is 1. The molecule has 0 aliphatic rings. The number of benzene rings is 1. The van der Waals surface area contributed by atoms with Gasteiger partial charge in [0, 0.05) is 24.6 Å². The third kappa shape index (κ3) is 3.95. The average molecular weight is 247 g/mol. The van der Waals surface area contributed by atoms with Crippen LogP contribution < -0.4 is 0 Å². The second-order valence-electron chi connectivity index (χ2n) is 5.45. The molecule has 1 rings (SSSR count). The lowest BCUT2D eigenvalue weighted by molar-refractivity contribution is 0.0954. The molecule has 0 radical (unpaired) electrons. The van der Waals surface area contributed by atoms with Crippen LogP contribution in [0.25, 0.3) is 0 Å². The Balaban J connectivity index is 2.54. The molecule has 18 heavy (non-hydrogen) atoms. The summed E-state index contributed by atoms with van der Waals surface area (Å²) in [6.45, 7) is 9.46. The number of nitrogens with zero attached hydrogens (tertiary/aromatic N) is 1. The van der Waals surface area contributed by atoms with Crippen molar-refractivity contribution < 1.29 is 4.79 Å². The molecule has 1 aromatic rings. The maximum atomic E-state index is 12.1. The van der Waals surface area contributed by atoms with Crippen LogP contribution in [0.3, 0.4) is 0 Å². The van der Waals surface area contributed by atoms with Crippen LogP contribution in [-0.4, -0.2) is 30.3 Å². The molecular formula is C16H25NO. The van der Waals surface area contributed by atoms with Gasteiger partial charge in [-0.2, -0.15) is 0 Å². The van der Waals surface area contributed by atoms with Crippen LogP contribution in [0.1, 0.15) is 43.1 Å². The number of carbonyl (C=O) groups is 1. The predicted octanol–water partition coefficient (Wildman–Crippen LogP) is 3.54. The third-order valence-electron chi connectivity index (χ3n) is 3.80. The lowest BCUT2D eigenvalue weighted by atomic mass is 10.0. The first-order valence-electron chi connectivity index (χ1n) is 6.72. The SMILES string of the molecule is Cc1ccccc1C(=O)CCN(C)C(C)C(C)C. The van der Waals surface area contributed by atoms with Gasteiger partial charge in [0.1, 0.15) is 0 Å². The number of hydrogen-bond donors (Lipinski definition) is 0. The second kappa shape index (κ2) is 6.69. The highest BCUT2D eigenvalue weighted by molar-refractivity contribution is 5.97. The Bertz CT molecular complexity index is 398. The fourth-order valence-corrected chi connectivity index (χ4v) is 2.01. The normalized spacial score (nSPS) is 13.1. The minimum absolute atomic E-state index is 0.246. The first kappa shape index (κ1) is 14.9. The van der Waals surface area contributed by atoms with E-state index in [2.05, 4.69) is 32.7 Å². The zero-order chi connectivity index (χ0) is 13.7. The fourth-order valence-electron chi connectivity index (χ4n) is 2.01. The summed E-state index contributed by atoms with van der Waals surface area (Å²) in [6, 6.07) is 8.33. The molecule has 2 nitrogen and oxygen atoms in total.